The highest BCUT2D eigenvalue weighted by molar-refractivity contribution is 4.96. The first kappa shape index (κ1) is 14.7. The molecule has 2 heteroatoms. The van der Waals surface area contributed by atoms with Crippen LogP contribution >= 0.6 is 0 Å². The molecule has 1 rings (SSSR count). The summed E-state index contributed by atoms with van der Waals surface area (Å²) in [6.07, 6.45) is 7.47. The van der Waals surface area contributed by atoms with E-state index in [1.54, 1.807) is 0 Å². The maximum atomic E-state index is 10.5. The maximum absolute atomic E-state index is 10.5. The van der Waals surface area contributed by atoms with Crippen molar-refractivity contribution in [3.05, 3.63) is 11.6 Å². The van der Waals surface area contributed by atoms with Crippen molar-refractivity contribution in [2.45, 2.75) is 77.4 Å². The van der Waals surface area contributed by atoms with Crippen LogP contribution in [0, 0.1) is 5.92 Å². The van der Waals surface area contributed by atoms with Crippen LogP contribution in [-0.4, -0.2) is 21.4 Å². The molecule has 0 aliphatic heterocycles. The number of hydrogen-bond acceptors (Lipinski definition) is 2. The molecule has 2 nitrogen and oxygen atoms in total. The largest absolute Gasteiger partial charge is 0.390 e. The normalized spacial score (nSPS) is 32.9. The first-order valence-corrected chi connectivity index (χ1v) is 6.81. The SMILES string of the molecule is CC(C)=CCC[C@](C)(O)C1CCC(C)(O)CC1. The summed E-state index contributed by atoms with van der Waals surface area (Å²) < 4.78 is 0. The molecule has 0 spiro atoms. The quantitative estimate of drug-likeness (QED) is 0.739. The summed E-state index contributed by atoms with van der Waals surface area (Å²) in [5.41, 5.74) is 0.224. The third-order valence-corrected chi connectivity index (χ3v) is 4.15. The monoisotopic (exact) mass is 240 g/mol. The Hall–Kier alpha value is -0.340. The van der Waals surface area contributed by atoms with Gasteiger partial charge in [-0.15, -0.1) is 0 Å². The summed E-state index contributed by atoms with van der Waals surface area (Å²) in [5, 5.41) is 20.4. The van der Waals surface area contributed by atoms with Gasteiger partial charge < -0.3 is 10.2 Å². The molecule has 1 aliphatic carbocycles. The van der Waals surface area contributed by atoms with Crippen molar-refractivity contribution in [2.24, 2.45) is 5.92 Å². The molecule has 100 valence electrons. The van der Waals surface area contributed by atoms with Crippen LogP contribution in [0.4, 0.5) is 0 Å². The molecule has 0 unspecified atom stereocenters. The second kappa shape index (κ2) is 5.53. The molecule has 0 aromatic heterocycles. The Morgan fingerprint density at radius 3 is 2.35 bits per heavy atom. The molecule has 0 bridgehead atoms. The fourth-order valence-corrected chi connectivity index (χ4v) is 2.72. The predicted octanol–water partition coefficient (Wildman–Crippen LogP) is 3.43. The van der Waals surface area contributed by atoms with Gasteiger partial charge in [0, 0.05) is 0 Å². The Balaban J connectivity index is 2.45. The second-order valence-electron chi connectivity index (χ2n) is 6.45. The van der Waals surface area contributed by atoms with Crippen molar-refractivity contribution in [1.29, 1.82) is 0 Å². The summed E-state index contributed by atoms with van der Waals surface area (Å²) in [6, 6.07) is 0. The third kappa shape index (κ3) is 4.81. The smallest absolute Gasteiger partial charge is 0.0650 e. The van der Waals surface area contributed by atoms with E-state index in [1.165, 1.54) is 5.57 Å². The van der Waals surface area contributed by atoms with Crippen molar-refractivity contribution in [3.63, 3.8) is 0 Å². The molecule has 2 N–H and O–H groups in total. The number of allylic oxidation sites excluding steroid dienone is 2. The lowest BCUT2D eigenvalue weighted by Gasteiger charge is -2.40. The molecule has 0 amide bonds. The summed E-state index contributed by atoms with van der Waals surface area (Å²) in [7, 11) is 0. The fraction of sp³-hybridized carbons (Fsp3) is 0.867. The van der Waals surface area contributed by atoms with Crippen LogP contribution in [0.5, 0.6) is 0 Å². The minimum Gasteiger partial charge on any atom is -0.390 e. The Bertz CT molecular complexity index is 263. The number of rotatable bonds is 4. The van der Waals surface area contributed by atoms with E-state index in [-0.39, 0.29) is 0 Å². The molecule has 17 heavy (non-hydrogen) atoms. The first-order chi connectivity index (χ1) is 7.73. The van der Waals surface area contributed by atoms with Crippen LogP contribution in [0.2, 0.25) is 0 Å². The van der Waals surface area contributed by atoms with Crippen LogP contribution in [0.3, 0.4) is 0 Å². The van der Waals surface area contributed by atoms with E-state index in [2.05, 4.69) is 19.9 Å². The van der Waals surface area contributed by atoms with Crippen LogP contribution in [0.25, 0.3) is 0 Å². The molecular formula is C15H28O2. The average Bonchev–Trinajstić information content (AvgIpc) is 2.15. The Morgan fingerprint density at radius 1 is 1.35 bits per heavy atom. The lowest BCUT2D eigenvalue weighted by atomic mass is 9.71. The highest BCUT2D eigenvalue weighted by Gasteiger charge is 2.37. The van der Waals surface area contributed by atoms with Crippen molar-refractivity contribution in [2.75, 3.05) is 0 Å². The minimum absolute atomic E-state index is 0.341. The zero-order chi connectivity index (χ0) is 13.1. The number of hydrogen-bond donors (Lipinski definition) is 2. The van der Waals surface area contributed by atoms with Crippen LogP contribution in [0.15, 0.2) is 11.6 Å². The van der Waals surface area contributed by atoms with Crippen molar-refractivity contribution in [3.8, 4) is 0 Å². The molecule has 1 saturated carbocycles. The zero-order valence-electron chi connectivity index (χ0n) is 11.8. The predicted molar refractivity (Wildman–Crippen MR) is 71.9 cm³/mol. The minimum atomic E-state index is -0.581. The van der Waals surface area contributed by atoms with Crippen LogP contribution in [0.1, 0.15) is 66.2 Å². The maximum Gasteiger partial charge on any atom is 0.0650 e. The van der Waals surface area contributed by atoms with Crippen molar-refractivity contribution >= 4 is 0 Å². The standard InChI is InChI=1S/C15H28O2/c1-12(2)6-5-9-15(4,17)13-7-10-14(3,16)11-8-13/h6,13,16-17H,5,7-11H2,1-4H3/t13?,14?,15-/m0/s1. The van der Waals surface area contributed by atoms with Gasteiger partial charge in [-0.25, -0.2) is 0 Å². The second-order valence-corrected chi connectivity index (χ2v) is 6.45. The van der Waals surface area contributed by atoms with Gasteiger partial charge in [-0.05, 0) is 72.1 Å². The van der Waals surface area contributed by atoms with E-state index < -0.39 is 11.2 Å². The topological polar surface area (TPSA) is 40.5 Å². The van der Waals surface area contributed by atoms with Gasteiger partial charge in [0.15, 0.2) is 0 Å². The van der Waals surface area contributed by atoms with E-state index in [0.29, 0.717) is 5.92 Å². The van der Waals surface area contributed by atoms with Crippen LogP contribution in [-0.2, 0) is 0 Å². The zero-order valence-corrected chi connectivity index (χ0v) is 11.8. The summed E-state index contributed by atoms with van der Waals surface area (Å²) in [4.78, 5) is 0. The molecule has 0 heterocycles. The molecule has 0 saturated heterocycles. The lowest BCUT2D eigenvalue weighted by Crippen LogP contribution is -2.41. The molecule has 0 aromatic rings. The van der Waals surface area contributed by atoms with Gasteiger partial charge in [0.05, 0.1) is 11.2 Å². The summed E-state index contributed by atoms with van der Waals surface area (Å²) >= 11 is 0. The molecule has 0 aromatic carbocycles. The van der Waals surface area contributed by atoms with Gasteiger partial charge in [0.1, 0.15) is 0 Å². The van der Waals surface area contributed by atoms with Gasteiger partial charge in [-0.1, -0.05) is 11.6 Å². The summed E-state index contributed by atoms with van der Waals surface area (Å²) in [5.74, 6) is 0.341. The Morgan fingerprint density at radius 2 is 1.88 bits per heavy atom. The van der Waals surface area contributed by atoms with Gasteiger partial charge in [-0.2, -0.15) is 0 Å². The highest BCUT2D eigenvalue weighted by Crippen LogP contribution is 2.39. The van der Waals surface area contributed by atoms with Gasteiger partial charge in [0.2, 0.25) is 0 Å². The molecular weight excluding hydrogens is 212 g/mol. The van der Waals surface area contributed by atoms with E-state index in [9.17, 15) is 10.2 Å². The van der Waals surface area contributed by atoms with E-state index >= 15 is 0 Å². The van der Waals surface area contributed by atoms with Gasteiger partial charge in [0.25, 0.3) is 0 Å². The first-order valence-electron chi connectivity index (χ1n) is 6.81. The Kier molecular flexibility index (Phi) is 4.79. The third-order valence-electron chi connectivity index (χ3n) is 4.15. The number of aliphatic hydroxyl groups is 2. The summed E-state index contributed by atoms with van der Waals surface area (Å²) in [6.45, 7) is 8.04. The molecule has 1 atom stereocenters. The van der Waals surface area contributed by atoms with Crippen molar-refractivity contribution < 1.29 is 10.2 Å². The van der Waals surface area contributed by atoms with Crippen LogP contribution < -0.4 is 0 Å². The fourth-order valence-electron chi connectivity index (χ4n) is 2.72. The van der Waals surface area contributed by atoms with E-state index in [4.69, 9.17) is 0 Å². The van der Waals surface area contributed by atoms with Gasteiger partial charge in [-0.3, -0.25) is 0 Å². The molecule has 0 radical (unpaired) electrons. The van der Waals surface area contributed by atoms with E-state index in [1.807, 2.05) is 13.8 Å². The Labute approximate surface area is 106 Å². The molecule has 1 aliphatic rings. The molecule has 1 fully saturated rings. The van der Waals surface area contributed by atoms with Crippen molar-refractivity contribution in [1.82, 2.24) is 0 Å². The van der Waals surface area contributed by atoms with E-state index in [0.717, 1.165) is 38.5 Å². The highest BCUT2D eigenvalue weighted by atomic mass is 16.3. The van der Waals surface area contributed by atoms with Gasteiger partial charge >= 0.3 is 0 Å². The lowest BCUT2D eigenvalue weighted by molar-refractivity contribution is -0.0637. The average molecular weight is 240 g/mol.